The van der Waals surface area contributed by atoms with Gasteiger partial charge in [0.05, 0.1) is 31.7 Å². The lowest BCUT2D eigenvalue weighted by Gasteiger charge is -2.19. The van der Waals surface area contributed by atoms with Crippen molar-refractivity contribution in [1.29, 1.82) is 0 Å². The number of hydrogen-bond donors (Lipinski definition) is 1. The fourth-order valence-corrected chi connectivity index (χ4v) is 5.05. The van der Waals surface area contributed by atoms with Crippen molar-refractivity contribution in [1.82, 2.24) is 4.90 Å². The van der Waals surface area contributed by atoms with Gasteiger partial charge < -0.3 is 19.5 Å². The van der Waals surface area contributed by atoms with Gasteiger partial charge in [-0.25, -0.2) is 0 Å². The Morgan fingerprint density at radius 3 is 2.33 bits per heavy atom. The molecule has 3 aliphatic rings. The quantitative estimate of drug-likeness (QED) is 0.525. The molecule has 1 aromatic rings. The zero-order valence-electron chi connectivity index (χ0n) is 16.9. The number of esters is 1. The van der Waals surface area contributed by atoms with Gasteiger partial charge in [0.25, 0.3) is 5.91 Å². The third kappa shape index (κ3) is 3.48. The molecule has 1 N–H and O–H groups in total. The van der Waals surface area contributed by atoms with Crippen LogP contribution < -0.4 is 14.8 Å². The minimum absolute atomic E-state index is 0.251. The number of imide groups is 1. The van der Waals surface area contributed by atoms with E-state index in [1.807, 2.05) is 0 Å². The zero-order chi connectivity index (χ0) is 21.4. The Kier molecular flexibility index (Phi) is 5.36. The summed E-state index contributed by atoms with van der Waals surface area (Å²) in [5, 5.41) is 2.59. The van der Waals surface area contributed by atoms with Crippen LogP contribution in [-0.4, -0.2) is 56.0 Å². The van der Waals surface area contributed by atoms with Gasteiger partial charge in [-0.15, -0.1) is 0 Å². The highest BCUT2D eigenvalue weighted by Gasteiger charge is 2.61. The number of fused-ring (bicyclic) bond motifs is 5. The number of methoxy groups -OCH3 is 2. The number of rotatable bonds is 7. The molecule has 4 atom stereocenters. The molecule has 160 valence electrons. The molecule has 3 fully saturated rings. The molecule has 3 amide bonds. The van der Waals surface area contributed by atoms with E-state index >= 15 is 0 Å². The van der Waals surface area contributed by atoms with Crippen LogP contribution in [0.4, 0.5) is 5.69 Å². The maximum absolute atomic E-state index is 12.6. The normalized spacial score (nSPS) is 26.5. The zero-order valence-corrected chi connectivity index (χ0v) is 16.9. The van der Waals surface area contributed by atoms with Gasteiger partial charge in [-0.2, -0.15) is 0 Å². The predicted molar refractivity (Wildman–Crippen MR) is 104 cm³/mol. The molecule has 0 aromatic heterocycles. The highest BCUT2D eigenvalue weighted by atomic mass is 16.5. The fraction of sp³-hybridized carbons (Fsp3) is 0.524. The van der Waals surface area contributed by atoms with Crippen molar-refractivity contribution < 1.29 is 33.4 Å². The summed E-state index contributed by atoms with van der Waals surface area (Å²) in [4.78, 5) is 50.6. The molecule has 30 heavy (non-hydrogen) atoms. The summed E-state index contributed by atoms with van der Waals surface area (Å²) >= 11 is 0. The number of likely N-dealkylation sites (tertiary alicyclic amines) is 1. The lowest BCUT2D eigenvalue weighted by Crippen LogP contribution is -2.38. The van der Waals surface area contributed by atoms with E-state index in [1.54, 1.807) is 18.2 Å². The third-order valence-electron chi connectivity index (χ3n) is 6.35. The van der Waals surface area contributed by atoms with Crippen LogP contribution in [-0.2, 0) is 23.9 Å². The van der Waals surface area contributed by atoms with Crippen LogP contribution >= 0.6 is 0 Å². The van der Waals surface area contributed by atoms with Crippen molar-refractivity contribution in [2.75, 3.05) is 32.7 Å². The second kappa shape index (κ2) is 7.97. The molecule has 0 spiro atoms. The van der Waals surface area contributed by atoms with Crippen molar-refractivity contribution in [2.45, 2.75) is 19.3 Å². The van der Waals surface area contributed by atoms with E-state index in [9.17, 15) is 19.2 Å². The van der Waals surface area contributed by atoms with E-state index in [4.69, 9.17) is 14.2 Å². The Balaban J connectivity index is 1.31. The fourth-order valence-electron chi connectivity index (χ4n) is 5.05. The molecule has 1 aromatic carbocycles. The van der Waals surface area contributed by atoms with E-state index in [1.165, 1.54) is 14.2 Å². The summed E-state index contributed by atoms with van der Waals surface area (Å²) in [7, 11) is 2.96. The molecule has 1 heterocycles. The van der Waals surface area contributed by atoms with E-state index in [0.29, 0.717) is 17.2 Å². The number of nitrogens with zero attached hydrogens (tertiary/aromatic N) is 1. The Morgan fingerprint density at radius 2 is 1.73 bits per heavy atom. The first-order valence-electron chi connectivity index (χ1n) is 9.95. The molecule has 1 aliphatic heterocycles. The van der Waals surface area contributed by atoms with Crippen LogP contribution in [0.1, 0.15) is 19.3 Å². The number of anilines is 1. The second-order valence-electron chi connectivity index (χ2n) is 7.92. The second-order valence-corrected chi connectivity index (χ2v) is 7.92. The van der Waals surface area contributed by atoms with E-state index in [-0.39, 0.29) is 35.5 Å². The summed E-state index contributed by atoms with van der Waals surface area (Å²) in [5.74, 6) is -1.05. The van der Waals surface area contributed by atoms with Crippen LogP contribution in [0.2, 0.25) is 0 Å². The number of ether oxygens (including phenoxy) is 3. The molecule has 9 nitrogen and oxygen atoms in total. The summed E-state index contributed by atoms with van der Waals surface area (Å²) in [6.07, 6.45) is 2.87. The summed E-state index contributed by atoms with van der Waals surface area (Å²) < 4.78 is 15.3. The largest absolute Gasteiger partial charge is 0.497 e. The van der Waals surface area contributed by atoms with E-state index in [0.717, 1.165) is 24.2 Å². The standard InChI is InChI=1S/C21H24N2O7/c1-28-13-5-6-15(29-2)14(8-13)22-16(24)10-30-17(25)9-23-20(26)18-11-3-4-12(7-11)19(18)21(23)27/h5-6,8,11-12,18-19H,3-4,7,9-10H2,1-2H3,(H,22,24)/t11-,12-,18-,19-/m0/s1. The van der Waals surface area contributed by atoms with Gasteiger partial charge in [-0.1, -0.05) is 0 Å². The van der Waals surface area contributed by atoms with Crippen LogP contribution in [0.5, 0.6) is 11.5 Å². The average molecular weight is 416 g/mol. The van der Waals surface area contributed by atoms with Gasteiger partial charge in [-0.3, -0.25) is 24.1 Å². The number of carbonyl (C=O) groups is 4. The highest BCUT2D eigenvalue weighted by Crippen LogP contribution is 2.56. The van der Waals surface area contributed by atoms with Gasteiger partial charge in [0.1, 0.15) is 18.0 Å². The van der Waals surface area contributed by atoms with Crippen molar-refractivity contribution in [3.63, 3.8) is 0 Å². The molecule has 0 radical (unpaired) electrons. The number of amides is 3. The minimum atomic E-state index is -0.795. The number of hydrogen-bond acceptors (Lipinski definition) is 7. The topological polar surface area (TPSA) is 111 Å². The maximum atomic E-state index is 12.6. The number of carbonyl (C=O) groups excluding carboxylic acids is 4. The summed E-state index contributed by atoms with van der Waals surface area (Å²) in [6, 6.07) is 4.89. The first kappa shape index (κ1) is 20.2. The highest BCUT2D eigenvalue weighted by molar-refractivity contribution is 6.08. The molecule has 2 aliphatic carbocycles. The monoisotopic (exact) mass is 416 g/mol. The van der Waals surface area contributed by atoms with Gasteiger partial charge in [0.2, 0.25) is 11.8 Å². The third-order valence-corrected chi connectivity index (χ3v) is 6.35. The van der Waals surface area contributed by atoms with Gasteiger partial charge in [0.15, 0.2) is 6.61 Å². The molecule has 0 unspecified atom stereocenters. The van der Waals surface area contributed by atoms with Gasteiger partial charge >= 0.3 is 5.97 Å². The number of nitrogens with one attached hydrogen (secondary N) is 1. The van der Waals surface area contributed by atoms with Crippen LogP contribution in [0.3, 0.4) is 0 Å². The molecule has 2 bridgehead atoms. The number of benzene rings is 1. The Morgan fingerprint density at radius 1 is 1.07 bits per heavy atom. The van der Waals surface area contributed by atoms with Gasteiger partial charge in [0, 0.05) is 6.07 Å². The first-order chi connectivity index (χ1) is 14.4. The lowest BCUT2D eigenvalue weighted by atomic mass is 9.81. The molecule has 1 saturated heterocycles. The van der Waals surface area contributed by atoms with Crippen molar-refractivity contribution in [2.24, 2.45) is 23.7 Å². The van der Waals surface area contributed by atoms with Gasteiger partial charge in [-0.05, 0) is 43.2 Å². The van der Waals surface area contributed by atoms with E-state index in [2.05, 4.69) is 5.32 Å². The van der Waals surface area contributed by atoms with Crippen molar-refractivity contribution in [3.8, 4) is 11.5 Å². The summed E-state index contributed by atoms with van der Waals surface area (Å²) in [5.41, 5.74) is 0.367. The predicted octanol–water partition coefficient (Wildman–Crippen LogP) is 1.22. The Bertz CT molecular complexity index is 871. The van der Waals surface area contributed by atoms with Crippen molar-refractivity contribution in [3.05, 3.63) is 18.2 Å². The SMILES string of the molecule is COc1ccc(OC)c(NC(=O)COC(=O)CN2C(=O)[C@H]3[C@H]4CC[C@@H](C4)[C@@H]3C2=O)c1. The summed E-state index contributed by atoms with van der Waals surface area (Å²) in [6.45, 7) is -1.01. The minimum Gasteiger partial charge on any atom is -0.497 e. The average Bonchev–Trinajstić information content (AvgIpc) is 3.42. The molecule has 9 heteroatoms. The lowest BCUT2D eigenvalue weighted by molar-refractivity contribution is -0.154. The molecule has 4 rings (SSSR count). The first-order valence-corrected chi connectivity index (χ1v) is 9.95. The van der Waals surface area contributed by atoms with Crippen molar-refractivity contribution >= 4 is 29.4 Å². The van der Waals surface area contributed by atoms with E-state index < -0.39 is 25.0 Å². The van der Waals surface area contributed by atoms with Crippen LogP contribution in [0.25, 0.3) is 0 Å². The smallest absolute Gasteiger partial charge is 0.326 e. The molecular weight excluding hydrogens is 392 g/mol. The Labute approximate surface area is 173 Å². The Hall–Kier alpha value is -3.10. The molecule has 2 saturated carbocycles. The maximum Gasteiger partial charge on any atom is 0.326 e. The van der Waals surface area contributed by atoms with Crippen LogP contribution in [0.15, 0.2) is 18.2 Å². The molecular formula is C21H24N2O7. The van der Waals surface area contributed by atoms with Crippen LogP contribution in [0, 0.1) is 23.7 Å².